The molecule has 0 aliphatic rings. The molecule has 6 nitrogen and oxygen atoms in total. The summed E-state index contributed by atoms with van der Waals surface area (Å²) < 4.78 is 7.15. The van der Waals surface area contributed by atoms with Crippen LogP contribution in [0.15, 0.2) is 46.9 Å². The zero-order valence-electron chi connectivity index (χ0n) is 13.1. The highest BCUT2D eigenvalue weighted by Gasteiger charge is 2.16. The zero-order chi connectivity index (χ0) is 16.2. The Kier molecular flexibility index (Phi) is 4.23. The average Bonchev–Trinajstić information content (AvgIpc) is 3.13. The molecule has 0 aliphatic heterocycles. The van der Waals surface area contributed by atoms with Gasteiger partial charge in [0.2, 0.25) is 0 Å². The van der Waals surface area contributed by atoms with Gasteiger partial charge in [-0.15, -0.1) is 5.10 Å². The van der Waals surface area contributed by atoms with Gasteiger partial charge in [-0.25, -0.2) is 4.68 Å². The Hall–Kier alpha value is -2.89. The third-order valence-electron chi connectivity index (χ3n) is 3.59. The summed E-state index contributed by atoms with van der Waals surface area (Å²) in [7, 11) is 0. The standard InChI is InChI=1S/C17H18N4O2/c1-12-8-9-15(23-12)10-18-17(22)16-13(2)21(20-19-16)11-14-6-4-3-5-7-14/h3-9H,10-11H2,1-2H3,(H,18,22). The number of hydrogen-bond acceptors (Lipinski definition) is 4. The Morgan fingerprint density at radius 2 is 1.96 bits per heavy atom. The van der Waals surface area contributed by atoms with Gasteiger partial charge in [-0.3, -0.25) is 4.79 Å². The highest BCUT2D eigenvalue weighted by atomic mass is 16.3. The highest BCUT2D eigenvalue weighted by Crippen LogP contribution is 2.09. The van der Waals surface area contributed by atoms with Crippen LogP contribution in [0.25, 0.3) is 0 Å². The number of nitrogens with zero attached hydrogens (tertiary/aromatic N) is 3. The van der Waals surface area contributed by atoms with Gasteiger partial charge in [0.1, 0.15) is 11.5 Å². The van der Waals surface area contributed by atoms with Gasteiger partial charge >= 0.3 is 0 Å². The highest BCUT2D eigenvalue weighted by molar-refractivity contribution is 5.93. The molecule has 2 heterocycles. The van der Waals surface area contributed by atoms with Crippen molar-refractivity contribution in [2.75, 3.05) is 0 Å². The molecule has 2 aromatic heterocycles. The summed E-state index contributed by atoms with van der Waals surface area (Å²) in [6.45, 7) is 4.63. The van der Waals surface area contributed by atoms with E-state index in [0.717, 1.165) is 17.0 Å². The Morgan fingerprint density at radius 1 is 1.17 bits per heavy atom. The zero-order valence-corrected chi connectivity index (χ0v) is 13.1. The van der Waals surface area contributed by atoms with Gasteiger partial charge in [-0.1, -0.05) is 35.5 Å². The molecule has 6 heteroatoms. The molecular formula is C17H18N4O2. The summed E-state index contributed by atoms with van der Waals surface area (Å²) in [5.74, 6) is 1.28. The monoisotopic (exact) mass is 310 g/mol. The lowest BCUT2D eigenvalue weighted by molar-refractivity contribution is 0.0942. The number of nitrogens with one attached hydrogen (secondary N) is 1. The summed E-state index contributed by atoms with van der Waals surface area (Å²) >= 11 is 0. The number of furan rings is 1. The first-order valence-electron chi connectivity index (χ1n) is 7.41. The number of hydrogen-bond donors (Lipinski definition) is 1. The minimum atomic E-state index is -0.254. The first-order chi connectivity index (χ1) is 11.1. The van der Waals surface area contributed by atoms with Gasteiger partial charge in [-0.05, 0) is 31.5 Å². The van der Waals surface area contributed by atoms with Crippen LogP contribution in [0, 0.1) is 13.8 Å². The number of rotatable bonds is 5. The van der Waals surface area contributed by atoms with Crippen LogP contribution in [0.1, 0.15) is 33.3 Å². The van der Waals surface area contributed by atoms with Crippen LogP contribution in [0.4, 0.5) is 0 Å². The molecule has 118 valence electrons. The maximum absolute atomic E-state index is 12.2. The second kappa shape index (κ2) is 6.48. The summed E-state index contributed by atoms with van der Waals surface area (Å²) in [6, 6.07) is 13.6. The van der Waals surface area contributed by atoms with E-state index in [9.17, 15) is 4.79 Å². The fraction of sp³-hybridized carbons (Fsp3) is 0.235. The lowest BCUT2D eigenvalue weighted by Crippen LogP contribution is -2.24. The molecule has 0 bridgehead atoms. The number of carbonyl (C=O) groups excluding carboxylic acids is 1. The van der Waals surface area contributed by atoms with Crippen LogP contribution in [0.5, 0.6) is 0 Å². The molecule has 3 aromatic rings. The predicted octanol–water partition coefficient (Wildman–Crippen LogP) is 2.47. The van der Waals surface area contributed by atoms with Gasteiger partial charge in [0.25, 0.3) is 5.91 Å². The molecule has 0 saturated heterocycles. The Morgan fingerprint density at radius 3 is 2.65 bits per heavy atom. The van der Waals surface area contributed by atoms with Gasteiger partial charge in [0, 0.05) is 0 Å². The van der Waals surface area contributed by atoms with E-state index in [-0.39, 0.29) is 5.91 Å². The van der Waals surface area contributed by atoms with Crippen molar-refractivity contribution in [3.8, 4) is 0 Å². The van der Waals surface area contributed by atoms with E-state index in [2.05, 4.69) is 15.6 Å². The second-order valence-electron chi connectivity index (χ2n) is 5.36. The van der Waals surface area contributed by atoms with Crippen molar-refractivity contribution in [3.05, 3.63) is 70.9 Å². The number of carbonyl (C=O) groups is 1. The molecule has 0 spiro atoms. The van der Waals surface area contributed by atoms with Crippen LogP contribution in [-0.2, 0) is 13.1 Å². The van der Waals surface area contributed by atoms with Crippen LogP contribution in [0.3, 0.4) is 0 Å². The largest absolute Gasteiger partial charge is 0.465 e. The molecule has 0 atom stereocenters. The third-order valence-corrected chi connectivity index (χ3v) is 3.59. The van der Waals surface area contributed by atoms with E-state index in [1.807, 2.05) is 56.3 Å². The van der Waals surface area contributed by atoms with Crippen molar-refractivity contribution in [3.63, 3.8) is 0 Å². The summed E-state index contributed by atoms with van der Waals surface area (Å²) in [6.07, 6.45) is 0. The molecule has 1 aromatic carbocycles. The van der Waals surface area contributed by atoms with Crippen molar-refractivity contribution in [1.29, 1.82) is 0 Å². The minimum Gasteiger partial charge on any atom is -0.465 e. The minimum absolute atomic E-state index is 0.254. The number of benzene rings is 1. The van der Waals surface area contributed by atoms with Gasteiger partial charge in [0.15, 0.2) is 5.69 Å². The van der Waals surface area contributed by atoms with Crippen LogP contribution in [-0.4, -0.2) is 20.9 Å². The van der Waals surface area contributed by atoms with Crippen molar-refractivity contribution >= 4 is 5.91 Å². The summed E-state index contributed by atoms with van der Waals surface area (Å²) in [5, 5.41) is 10.9. The van der Waals surface area contributed by atoms with Crippen LogP contribution in [0.2, 0.25) is 0 Å². The predicted molar refractivity (Wildman–Crippen MR) is 84.9 cm³/mol. The lowest BCUT2D eigenvalue weighted by atomic mass is 10.2. The Labute approximate surface area is 134 Å². The number of amides is 1. The number of aromatic nitrogens is 3. The van der Waals surface area contributed by atoms with E-state index in [1.165, 1.54) is 0 Å². The van der Waals surface area contributed by atoms with Crippen LogP contribution >= 0.6 is 0 Å². The van der Waals surface area contributed by atoms with Gasteiger partial charge < -0.3 is 9.73 Å². The molecule has 1 amide bonds. The average molecular weight is 310 g/mol. The first-order valence-corrected chi connectivity index (χ1v) is 7.41. The molecule has 0 aliphatic carbocycles. The van der Waals surface area contributed by atoms with Gasteiger partial charge in [-0.2, -0.15) is 0 Å². The Bertz CT molecular complexity index is 805. The van der Waals surface area contributed by atoms with Crippen molar-refractivity contribution in [1.82, 2.24) is 20.3 Å². The maximum Gasteiger partial charge on any atom is 0.274 e. The maximum atomic E-state index is 12.2. The summed E-state index contributed by atoms with van der Waals surface area (Å²) in [5.41, 5.74) is 2.18. The molecule has 0 saturated carbocycles. The number of aryl methyl sites for hydroxylation is 1. The molecule has 3 rings (SSSR count). The summed E-state index contributed by atoms with van der Waals surface area (Å²) in [4.78, 5) is 12.2. The first kappa shape index (κ1) is 15.0. The fourth-order valence-electron chi connectivity index (χ4n) is 2.31. The van der Waals surface area contributed by atoms with Crippen molar-refractivity contribution < 1.29 is 9.21 Å². The van der Waals surface area contributed by atoms with Crippen molar-refractivity contribution in [2.45, 2.75) is 26.9 Å². The van der Waals surface area contributed by atoms with Crippen LogP contribution < -0.4 is 5.32 Å². The normalized spacial score (nSPS) is 10.7. The van der Waals surface area contributed by atoms with Gasteiger partial charge in [0.05, 0.1) is 18.8 Å². The van der Waals surface area contributed by atoms with E-state index in [1.54, 1.807) is 4.68 Å². The van der Waals surface area contributed by atoms with E-state index >= 15 is 0 Å². The third kappa shape index (κ3) is 3.48. The fourth-order valence-corrected chi connectivity index (χ4v) is 2.31. The topological polar surface area (TPSA) is 73.0 Å². The molecule has 1 N–H and O–H groups in total. The smallest absolute Gasteiger partial charge is 0.274 e. The molecule has 23 heavy (non-hydrogen) atoms. The SMILES string of the molecule is Cc1ccc(CNC(=O)c2nnn(Cc3ccccc3)c2C)o1. The van der Waals surface area contributed by atoms with E-state index in [4.69, 9.17) is 4.42 Å². The molecule has 0 fully saturated rings. The van der Waals surface area contributed by atoms with E-state index in [0.29, 0.717) is 24.5 Å². The lowest BCUT2D eigenvalue weighted by Gasteiger charge is -2.04. The molecule has 0 radical (unpaired) electrons. The quantitative estimate of drug-likeness (QED) is 0.785. The van der Waals surface area contributed by atoms with Crippen molar-refractivity contribution in [2.24, 2.45) is 0 Å². The van der Waals surface area contributed by atoms with E-state index < -0.39 is 0 Å². The Balaban J connectivity index is 1.67. The molecular weight excluding hydrogens is 292 g/mol. The second-order valence-corrected chi connectivity index (χ2v) is 5.36. The molecule has 0 unspecified atom stereocenters.